The number of ether oxygens (including phenoxy) is 4. The minimum absolute atomic E-state index is 0.0348. The molecule has 0 saturated carbocycles. The van der Waals surface area contributed by atoms with E-state index in [4.69, 9.17) is 24.7 Å². The van der Waals surface area contributed by atoms with E-state index in [2.05, 4.69) is 4.98 Å². The second-order valence-corrected chi connectivity index (χ2v) is 9.52. The zero-order valence-corrected chi connectivity index (χ0v) is 20.7. The van der Waals surface area contributed by atoms with Crippen LogP contribution in [-0.2, 0) is 27.2 Å². The molecule has 10 heteroatoms. The molecular weight excluding hydrogens is 466 g/mol. The molecule has 0 aliphatic carbocycles. The van der Waals surface area contributed by atoms with Crippen molar-refractivity contribution < 1.29 is 33.3 Å². The zero-order chi connectivity index (χ0) is 26.0. The summed E-state index contributed by atoms with van der Waals surface area (Å²) in [6.07, 6.45) is 3.39. The summed E-state index contributed by atoms with van der Waals surface area (Å²) in [5, 5.41) is 1.29. The molecule has 0 bridgehead atoms. The Bertz CT molecular complexity index is 1320. The molecule has 0 fully saturated rings. The molecule has 2 heterocycles. The summed E-state index contributed by atoms with van der Waals surface area (Å²) < 4.78 is 23.8. The lowest BCUT2D eigenvalue weighted by atomic mass is 9.98. The van der Waals surface area contributed by atoms with E-state index in [1.807, 2.05) is 12.1 Å². The number of hydrogen-bond donors (Lipinski definition) is 1. The fraction of sp³-hybridized carbons (Fsp3) is 0.385. The first-order valence-corrected chi connectivity index (χ1v) is 11.7. The average molecular weight is 496 g/mol. The van der Waals surface area contributed by atoms with Gasteiger partial charge in [-0.3, -0.25) is 4.79 Å². The van der Waals surface area contributed by atoms with E-state index >= 15 is 0 Å². The second-order valence-electron chi connectivity index (χ2n) is 9.52. The number of nitrogens with zero attached hydrogens (tertiary/aromatic N) is 2. The van der Waals surface area contributed by atoms with Gasteiger partial charge in [-0.25, -0.2) is 19.1 Å². The van der Waals surface area contributed by atoms with E-state index in [9.17, 15) is 14.4 Å². The van der Waals surface area contributed by atoms with Crippen LogP contribution >= 0.6 is 0 Å². The Morgan fingerprint density at radius 1 is 1.14 bits per heavy atom. The van der Waals surface area contributed by atoms with Crippen molar-refractivity contribution in [1.82, 2.24) is 9.55 Å². The summed E-state index contributed by atoms with van der Waals surface area (Å²) in [5.74, 6) is -0.456. The number of benzene rings is 2. The molecule has 3 aromatic rings. The molecule has 190 valence electrons. The van der Waals surface area contributed by atoms with Gasteiger partial charge in [0.1, 0.15) is 23.7 Å². The molecule has 1 aromatic heterocycles. The zero-order valence-electron chi connectivity index (χ0n) is 20.7. The second kappa shape index (κ2) is 9.98. The molecule has 1 unspecified atom stereocenters. The first kappa shape index (κ1) is 25.2. The SMILES string of the molecule is CC(=O)Oc1c2c(c3ccccc3c1OC(=O)C(N)Cc1cncn1C(=O)OC(C)(C)C)OCCC2. The van der Waals surface area contributed by atoms with Crippen LogP contribution in [0, 0.1) is 0 Å². The summed E-state index contributed by atoms with van der Waals surface area (Å²) >= 11 is 0. The minimum Gasteiger partial charge on any atom is -0.492 e. The quantitative estimate of drug-likeness (QED) is 0.417. The van der Waals surface area contributed by atoms with E-state index < -0.39 is 29.7 Å². The first-order valence-electron chi connectivity index (χ1n) is 11.7. The molecule has 0 radical (unpaired) electrons. The number of carbonyl (C=O) groups is 3. The monoisotopic (exact) mass is 495 g/mol. The van der Waals surface area contributed by atoms with Gasteiger partial charge in [0, 0.05) is 35.9 Å². The van der Waals surface area contributed by atoms with Crippen molar-refractivity contribution in [3.63, 3.8) is 0 Å². The summed E-state index contributed by atoms with van der Waals surface area (Å²) in [5.41, 5.74) is 6.53. The Balaban J connectivity index is 1.65. The van der Waals surface area contributed by atoms with Gasteiger partial charge in [-0.1, -0.05) is 24.3 Å². The predicted octanol–water partition coefficient (Wildman–Crippen LogP) is 3.55. The van der Waals surface area contributed by atoms with Crippen LogP contribution < -0.4 is 19.9 Å². The highest BCUT2D eigenvalue weighted by atomic mass is 16.6. The molecule has 2 aromatic carbocycles. The molecule has 1 aliphatic heterocycles. The van der Waals surface area contributed by atoms with Crippen LogP contribution in [0.5, 0.6) is 17.2 Å². The fourth-order valence-corrected chi connectivity index (χ4v) is 4.01. The van der Waals surface area contributed by atoms with E-state index in [1.165, 1.54) is 24.0 Å². The van der Waals surface area contributed by atoms with Crippen LogP contribution in [0.25, 0.3) is 10.8 Å². The topological polar surface area (TPSA) is 132 Å². The summed E-state index contributed by atoms with van der Waals surface area (Å²) in [6, 6.07) is 6.10. The molecule has 0 saturated heterocycles. The van der Waals surface area contributed by atoms with Crippen molar-refractivity contribution in [2.75, 3.05) is 6.61 Å². The third-order valence-electron chi connectivity index (χ3n) is 5.47. The molecule has 10 nitrogen and oxygen atoms in total. The van der Waals surface area contributed by atoms with Crippen LogP contribution in [0.3, 0.4) is 0 Å². The summed E-state index contributed by atoms with van der Waals surface area (Å²) in [6.45, 7) is 7.06. The van der Waals surface area contributed by atoms with Gasteiger partial charge in [-0.15, -0.1) is 0 Å². The molecular formula is C26H29N3O7. The Morgan fingerprint density at radius 2 is 1.86 bits per heavy atom. The minimum atomic E-state index is -1.14. The molecule has 4 rings (SSSR count). The van der Waals surface area contributed by atoms with Crippen LogP contribution in [0.4, 0.5) is 4.79 Å². The normalized spacial score (nSPS) is 13.9. The van der Waals surface area contributed by atoms with Gasteiger partial charge in [-0.2, -0.15) is 0 Å². The number of rotatable bonds is 5. The van der Waals surface area contributed by atoms with Gasteiger partial charge in [0.05, 0.1) is 12.3 Å². The van der Waals surface area contributed by atoms with Crippen LogP contribution in [0.15, 0.2) is 36.8 Å². The number of fused-ring (bicyclic) bond motifs is 3. The van der Waals surface area contributed by atoms with Crippen LogP contribution in [0.1, 0.15) is 45.4 Å². The van der Waals surface area contributed by atoms with Crippen molar-refractivity contribution in [2.45, 2.75) is 58.6 Å². The maximum Gasteiger partial charge on any atom is 0.420 e. The van der Waals surface area contributed by atoms with Gasteiger partial charge in [0.2, 0.25) is 0 Å². The van der Waals surface area contributed by atoms with Crippen molar-refractivity contribution in [2.24, 2.45) is 5.73 Å². The number of esters is 2. The van der Waals surface area contributed by atoms with Crippen molar-refractivity contribution in [1.29, 1.82) is 0 Å². The molecule has 0 spiro atoms. The number of aromatic nitrogens is 2. The number of nitrogens with two attached hydrogens (primary N) is 1. The molecule has 2 N–H and O–H groups in total. The number of hydrogen-bond acceptors (Lipinski definition) is 9. The lowest BCUT2D eigenvalue weighted by Gasteiger charge is -2.24. The van der Waals surface area contributed by atoms with Gasteiger partial charge in [0.25, 0.3) is 0 Å². The van der Waals surface area contributed by atoms with Crippen LogP contribution in [0.2, 0.25) is 0 Å². The number of carbonyl (C=O) groups excluding carboxylic acids is 3. The highest BCUT2D eigenvalue weighted by Crippen LogP contribution is 2.48. The molecule has 36 heavy (non-hydrogen) atoms. The summed E-state index contributed by atoms with van der Waals surface area (Å²) in [7, 11) is 0. The maximum absolute atomic E-state index is 13.1. The highest BCUT2D eigenvalue weighted by molar-refractivity contribution is 6.00. The van der Waals surface area contributed by atoms with Gasteiger partial charge < -0.3 is 24.7 Å². The fourth-order valence-electron chi connectivity index (χ4n) is 4.01. The Labute approximate surface area is 208 Å². The van der Waals surface area contributed by atoms with E-state index in [0.29, 0.717) is 35.4 Å². The molecule has 0 amide bonds. The number of imidazole rings is 1. The van der Waals surface area contributed by atoms with Crippen molar-refractivity contribution in [3.05, 3.63) is 48.0 Å². The third-order valence-corrected chi connectivity index (χ3v) is 5.47. The van der Waals surface area contributed by atoms with E-state index in [-0.39, 0.29) is 17.9 Å². The molecule has 1 aliphatic rings. The lowest BCUT2D eigenvalue weighted by molar-refractivity contribution is -0.137. The Morgan fingerprint density at radius 3 is 2.56 bits per heavy atom. The predicted molar refractivity (Wildman–Crippen MR) is 130 cm³/mol. The van der Waals surface area contributed by atoms with Crippen LogP contribution in [-0.4, -0.2) is 45.8 Å². The van der Waals surface area contributed by atoms with Crippen molar-refractivity contribution in [3.8, 4) is 17.2 Å². The Kier molecular flexibility index (Phi) is 6.98. The van der Waals surface area contributed by atoms with Gasteiger partial charge in [-0.05, 0) is 33.6 Å². The van der Waals surface area contributed by atoms with Gasteiger partial charge in [0.15, 0.2) is 11.5 Å². The lowest BCUT2D eigenvalue weighted by Crippen LogP contribution is -2.37. The van der Waals surface area contributed by atoms with Gasteiger partial charge >= 0.3 is 18.0 Å². The Hall–Kier alpha value is -3.92. The maximum atomic E-state index is 13.1. The third kappa shape index (κ3) is 5.33. The standard InChI is InChI=1S/C26H29N3O7/c1-15(30)34-23-19-10-7-11-33-21(19)17-8-5-6-9-18(17)22(23)35-24(31)20(27)12-16-13-28-14-29(16)25(32)36-26(2,3)4/h5-6,8-9,13-14,20H,7,10-12,27H2,1-4H3. The largest absolute Gasteiger partial charge is 0.492 e. The smallest absolute Gasteiger partial charge is 0.420 e. The van der Waals surface area contributed by atoms with Crippen molar-refractivity contribution >= 4 is 28.8 Å². The molecule has 1 atom stereocenters. The highest BCUT2D eigenvalue weighted by Gasteiger charge is 2.29. The average Bonchev–Trinajstić information content (AvgIpc) is 3.28. The summed E-state index contributed by atoms with van der Waals surface area (Å²) in [4.78, 5) is 41.6. The van der Waals surface area contributed by atoms with E-state index in [0.717, 1.165) is 11.8 Å². The first-order chi connectivity index (χ1) is 17.0. The van der Waals surface area contributed by atoms with E-state index in [1.54, 1.807) is 32.9 Å².